The second kappa shape index (κ2) is 3.72. The van der Waals surface area contributed by atoms with Gasteiger partial charge in [0.1, 0.15) is 0 Å². The van der Waals surface area contributed by atoms with Gasteiger partial charge in [-0.15, -0.1) is 0 Å². The van der Waals surface area contributed by atoms with E-state index in [9.17, 15) is 4.79 Å². The molecule has 2 heterocycles. The second-order valence-corrected chi connectivity index (χ2v) is 3.21. The fourth-order valence-corrected chi connectivity index (χ4v) is 1.28. The molecular weight excluding hydrogens is 204 g/mol. The first-order chi connectivity index (χ1) is 6.75. The SMILES string of the molecule is O=C(Cc1ccoc1)c1ccc(Cl)o1. The summed E-state index contributed by atoms with van der Waals surface area (Å²) in [5, 5.41) is 0.223. The van der Waals surface area contributed by atoms with Crippen LogP contribution in [0, 0.1) is 0 Å². The van der Waals surface area contributed by atoms with Crippen LogP contribution in [0.2, 0.25) is 5.22 Å². The molecular formula is C10H7ClO3. The van der Waals surface area contributed by atoms with Gasteiger partial charge in [0, 0.05) is 6.42 Å². The van der Waals surface area contributed by atoms with Crippen LogP contribution in [0.4, 0.5) is 0 Å². The highest BCUT2D eigenvalue weighted by Crippen LogP contribution is 2.15. The first kappa shape index (κ1) is 9.09. The van der Waals surface area contributed by atoms with Gasteiger partial charge >= 0.3 is 0 Å². The van der Waals surface area contributed by atoms with E-state index in [0.29, 0.717) is 0 Å². The van der Waals surface area contributed by atoms with E-state index in [-0.39, 0.29) is 23.2 Å². The number of carbonyl (C=O) groups is 1. The summed E-state index contributed by atoms with van der Waals surface area (Å²) in [6, 6.07) is 4.84. The lowest BCUT2D eigenvalue weighted by molar-refractivity contribution is 0.0966. The summed E-state index contributed by atoms with van der Waals surface area (Å²) in [5.41, 5.74) is 0.822. The van der Waals surface area contributed by atoms with Crippen LogP contribution in [0.15, 0.2) is 39.6 Å². The van der Waals surface area contributed by atoms with E-state index in [1.165, 1.54) is 12.5 Å². The minimum atomic E-state index is -0.113. The number of hydrogen-bond acceptors (Lipinski definition) is 3. The number of ketones is 1. The predicted molar refractivity (Wildman–Crippen MR) is 50.5 cm³/mol. The van der Waals surface area contributed by atoms with Gasteiger partial charge in [-0.05, 0) is 35.4 Å². The lowest BCUT2D eigenvalue weighted by atomic mass is 10.1. The molecule has 2 aromatic heterocycles. The third kappa shape index (κ3) is 1.88. The third-order valence-corrected chi connectivity index (χ3v) is 2.00. The average Bonchev–Trinajstić information content (AvgIpc) is 2.75. The first-order valence-corrected chi connectivity index (χ1v) is 4.43. The summed E-state index contributed by atoms with van der Waals surface area (Å²) in [6.45, 7) is 0. The Hall–Kier alpha value is -1.48. The molecule has 0 aliphatic carbocycles. The van der Waals surface area contributed by atoms with Crippen molar-refractivity contribution in [2.24, 2.45) is 0 Å². The van der Waals surface area contributed by atoms with Crippen LogP contribution in [0.25, 0.3) is 0 Å². The summed E-state index contributed by atoms with van der Waals surface area (Å²) < 4.78 is 9.83. The van der Waals surface area contributed by atoms with Gasteiger partial charge in [-0.3, -0.25) is 4.79 Å². The molecule has 0 atom stereocenters. The topological polar surface area (TPSA) is 43.4 Å². The zero-order valence-electron chi connectivity index (χ0n) is 7.20. The highest BCUT2D eigenvalue weighted by Gasteiger charge is 2.11. The molecule has 0 saturated heterocycles. The standard InChI is InChI=1S/C10H7ClO3/c11-10-2-1-9(14-10)8(12)5-7-3-4-13-6-7/h1-4,6H,5H2. The van der Waals surface area contributed by atoms with Crippen molar-refractivity contribution in [2.75, 3.05) is 0 Å². The Bertz CT molecular complexity index is 428. The van der Waals surface area contributed by atoms with Crippen LogP contribution in [0.1, 0.15) is 16.1 Å². The maximum absolute atomic E-state index is 11.5. The van der Waals surface area contributed by atoms with Gasteiger partial charge in [-0.2, -0.15) is 0 Å². The zero-order chi connectivity index (χ0) is 9.97. The molecule has 0 radical (unpaired) electrons. The number of Topliss-reactive ketones (excluding diaryl/α,β-unsaturated/α-hetero) is 1. The van der Waals surface area contributed by atoms with E-state index in [4.69, 9.17) is 20.4 Å². The number of furan rings is 2. The van der Waals surface area contributed by atoms with Gasteiger partial charge in [0.2, 0.25) is 5.78 Å². The quantitative estimate of drug-likeness (QED) is 0.732. The molecule has 0 bridgehead atoms. The Morgan fingerprint density at radius 2 is 2.21 bits per heavy atom. The Morgan fingerprint density at radius 3 is 2.79 bits per heavy atom. The van der Waals surface area contributed by atoms with Crippen molar-refractivity contribution in [3.8, 4) is 0 Å². The van der Waals surface area contributed by atoms with E-state index in [1.807, 2.05) is 0 Å². The number of halogens is 1. The van der Waals surface area contributed by atoms with Crippen LogP contribution < -0.4 is 0 Å². The Morgan fingerprint density at radius 1 is 1.36 bits per heavy atom. The Balaban J connectivity index is 2.10. The van der Waals surface area contributed by atoms with E-state index < -0.39 is 0 Å². The van der Waals surface area contributed by atoms with E-state index in [1.54, 1.807) is 18.2 Å². The number of rotatable bonds is 3. The smallest absolute Gasteiger partial charge is 0.202 e. The molecule has 0 amide bonds. The molecule has 14 heavy (non-hydrogen) atoms. The number of hydrogen-bond donors (Lipinski definition) is 0. The zero-order valence-corrected chi connectivity index (χ0v) is 7.95. The molecule has 0 aromatic carbocycles. The molecule has 2 aromatic rings. The molecule has 72 valence electrons. The maximum Gasteiger partial charge on any atom is 0.202 e. The number of carbonyl (C=O) groups excluding carboxylic acids is 1. The van der Waals surface area contributed by atoms with Crippen LogP contribution in [-0.4, -0.2) is 5.78 Å². The van der Waals surface area contributed by atoms with Crippen molar-refractivity contribution in [1.82, 2.24) is 0 Å². The minimum Gasteiger partial charge on any atom is -0.472 e. The minimum absolute atomic E-state index is 0.113. The van der Waals surface area contributed by atoms with E-state index in [0.717, 1.165) is 5.56 Å². The van der Waals surface area contributed by atoms with E-state index in [2.05, 4.69) is 0 Å². The monoisotopic (exact) mass is 210 g/mol. The van der Waals surface area contributed by atoms with Gasteiger partial charge in [0.25, 0.3) is 0 Å². The highest BCUT2D eigenvalue weighted by atomic mass is 35.5. The summed E-state index contributed by atoms with van der Waals surface area (Å²) in [4.78, 5) is 11.5. The Labute approximate surface area is 85.3 Å². The summed E-state index contributed by atoms with van der Waals surface area (Å²) in [7, 11) is 0. The average molecular weight is 211 g/mol. The Kier molecular flexibility index (Phi) is 2.41. The largest absolute Gasteiger partial charge is 0.472 e. The lowest BCUT2D eigenvalue weighted by Gasteiger charge is -1.92. The first-order valence-electron chi connectivity index (χ1n) is 4.05. The van der Waals surface area contributed by atoms with Crippen LogP contribution in [0.3, 0.4) is 0 Å². The molecule has 0 saturated carbocycles. The molecule has 4 heteroatoms. The van der Waals surface area contributed by atoms with Crippen LogP contribution in [-0.2, 0) is 6.42 Å². The summed E-state index contributed by atoms with van der Waals surface area (Å²) in [5.74, 6) is 0.162. The molecule has 3 nitrogen and oxygen atoms in total. The fraction of sp³-hybridized carbons (Fsp3) is 0.100. The maximum atomic E-state index is 11.5. The van der Waals surface area contributed by atoms with Crippen LogP contribution in [0.5, 0.6) is 0 Å². The van der Waals surface area contributed by atoms with Gasteiger partial charge in [0.05, 0.1) is 12.5 Å². The lowest BCUT2D eigenvalue weighted by Crippen LogP contribution is -2.00. The molecule has 2 rings (SSSR count). The molecule has 0 aliphatic rings. The van der Waals surface area contributed by atoms with Crippen molar-refractivity contribution in [1.29, 1.82) is 0 Å². The second-order valence-electron chi connectivity index (χ2n) is 2.84. The van der Waals surface area contributed by atoms with Gasteiger partial charge in [-0.25, -0.2) is 0 Å². The van der Waals surface area contributed by atoms with Crippen molar-refractivity contribution in [3.05, 3.63) is 47.3 Å². The van der Waals surface area contributed by atoms with Gasteiger partial charge < -0.3 is 8.83 Å². The fourth-order valence-electron chi connectivity index (χ4n) is 1.13. The summed E-state index contributed by atoms with van der Waals surface area (Å²) >= 11 is 5.55. The van der Waals surface area contributed by atoms with Crippen molar-refractivity contribution >= 4 is 17.4 Å². The van der Waals surface area contributed by atoms with Gasteiger partial charge in [-0.1, -0.05) is 0 Å². The highest BCUT2D eigenvalue weighted by molar-refractivity contribution is 6.29. The molecule has 0 N–H and O–H groups in total. The third-order valence-electron chi connectivity index (χ3n) is 1.79. The van der Waals surface area contributed by atoms with E-state index >= 15 is 0 Å². The van der Waals surface area contributed by atoms with Crippen molar-refractivity contribution < 1.29 is 13.6 Å². The molecule has 0 unspecified atom stereocenters. The van der Waals surface area contributed by atoms with Crippen molar-refractivity contribution in [3.63, 3.8) is 0 Å². The van der Waals surface area contributed by atoms with Crippen molar-refractivity contribution in [2.45, 2.75) is 6.42 Å². The predicted octanol–water partition coefficient (Wildman–Crippen LogP) is 2.95. The summed E-state index contributed by atoms with van der Waals surface area (Å²) in [6.07, 6.45) is 3.32. The normalized spacial score (nSPS) is 10.4. The molecule has 0 fully saturated rings. The van der Waals surface area contributed by atoms with Gasteiger partial charge in [0.15, 0.2) is 11.0 Å². The van der Waals surface area contributed by atoms with Crippen LogP contribution >= 0.6 is 11.6 Å². The molecule has 0 aliphatic heterocycles. The molecule has 0 spiro atoms.